The average molecular weight is 277 g/mol. The molecule has 1 aromatic carbocycles. The van der Waals surface area contributed by atoms with E-state index in [1.807, 2.05) is 6.92 Å². The standard InChI is InChI=1S/C16H17F2NO/c1-3-16(20,15-7-6-14(18)10-19-15)9-12-4-5-13(17)8-11(12)2/h4-8,10,20H,3,9H2,1-2H3. The molecule has 106 valence electrons. The Hall–Kier alpha value is -1.81. The number of rotatable bonds is 4. The van der Waals surface area contributed by atoms with Gasteiger partial charge in [0.1, 0.15) is 17.2 Å². The van der Waals surface area contributed by atoms with Gasteiger partial charge in [-0.15, -0.1) is 0 Å². The maximum Gasteiger partial charge on any atom is 0.141 e. The first-order chi connectivity index (χ1) is 9.44. The van der Waals surface area contributed by atoms with Crippen molar-refractivity contribution < 1.29 is 13.9 Å². The quantitative estimate of drug-likeness (QED) is 0.927. The molecule has 0 aliphatic carbocycles. The number of hydrogen-bond donors (Lipinski definition) is 1. The molecule has 0 bridgehead atoms. The van der Waals surface area contributed by atoms with Crippen LogP contribution in [0.1, 0.15) is 30.2 Å². The highest BCUT2D eigenvalue weighted by Crippen LogP contribution is 2.29. The van der Waals surface area contributed by atoms with E-state index in [1.54, 1.807) is 13.0 Å². The Morgan fingerprint density at radius 2 is 1.85 bits per heavy atom. The Labute approximate surface area is 117 Å². The number of aromatic nitrogens is 1. The molecule has 4 heteroatoms. The minimum Gasteiger partial charge on any atom is -0.383 e. The van der Waals surface area contributed by atoms with Crippen LogP contribution in [0, 0.1) is 18.6 Å². The van der Waals surface area contributed by atoms with Crippen molar-refractivity contribution in [3.63, 3.8) is 0 Å². The van der Waals surface area contributed by atoms with E-state index in [9.17, 15) is 13.9 Å². The fourth-order valence-corrected chi connectivity index (χ4v) is 2.22. The van der Waals surface area contributed by atoms with Crippen molar-refractivity contribution in [3.05, 3.63) is 65.0 Å². The second-order valence-electron chi connectivity index (χ2n) is 4.99. The number of halogens is 2. The minimum absolute atomic E-state index is 0.300. The predicted octanol–water partition coefficient (Wildman–Crippen LogP) is 3.51. The van der Waals surface area contributed by atoms with Crippen LogP contribution in [-0.2, 0) is 12.0 Å². The Balaban J connectivity index is 2.33. The molecule has 1 aromatic heterocycles. The van der Waals surface area contributed by atoms with Gasteiger partial charge in [0, 0.05) is 6.42 Å². The van der Waals surface area contributed by atoms with E-state index in [0.717, 1.165) is 17.3 Å². The summed E-state index contributed by atoms with van der Waals surface area (Å²) in [5.41, 5.74) is 0.863. The Bertz CT molecular complexity index is 598. The summed E-state index contributed by atoms with van der Waals surface area (Å²) in [7, 11) is 0. The molecule has 0 aliphatic heterocycles. The molecule has 2 aromatic rings. The highest BCUT2D eigenvalue weighted by Gasteiger charge is 2.29. The van der Waals surface area contributed by atoms with Gasteiger partial charge >= 0.3 is 0 Å². The Kier molecular flexibility index (Phi) is 4.14. The van der Waals surface area contributed by atoms with Gasteiger partial charge in [0.05, 0.1) is 11.9 Å². The molecule has 1 N–H and O–H groups in total. The molecule has 0 saturated heterocycles. The van der Waals surface area contributed by atoms with Gasteiger partial charge in [-0.25, -0.2) is 8.78 Å². The molecule has 2 nitrogen and oxygen atoms in total. The zero-order chi connectivity index (χ0) is 14.8. The highest BCUT2D eigenvalue weighted by atomic mass is 19.1. The largest absolute Gasteiger partial charge is 0.383 e. The van der Waals surface area contributed by atoms with Crippen LogP contribution in [0.15, 0.2) is 36.5 Å². The summed E-state index contributed by atoms with van der Waals surface area (Å²) >= 11 is 0. The van der Waals surface area contributed by atoms with Gasteiger partial charge in [0.15, 0.2) is 0 Å². The van der Waals surface area contributed by atoms with Crippen molar-refractivity contribution in [3.8, 4) is 0 Å². The molecular formula is C16H17F2NO. The lowest BCUT2D eigenvalue weighted by Crippen LogP contribution is -2.29. The lowest BCUT2D eigenvalue weighted by Gasteiger charge is -2.27. The van der Waals surface area contributed by atoms with E-state index in [-0.39, 0.29) is 5.82 Å². The van der Waals surface area contributed by atoms with E-state index in [2.05, 4.69) is 4.98 Å². The van der Waals surface area contributed by atoms with E-state index >= 15 is 0 Å². The summed E-state index contributed by atoms with van der Waals surface area (Å²) in [6.07, 6.45) is 1.84. The van der Waals surface area contributed by atoms with Crippen LogP contribution in [0.25, 0.3) is 0 Å². The lowest BCUT2D eigenvalue weighted by molar-refractivity contribution is 0.0280. The van der Waals surface area contributed by atoms with Gasteiger partial charge in [-0.05, 0) is 48.7 Å². The molecule has 1 atom stereocenters. The number of benzene rings is 1. The number of hydrogen-bond acceptors (Lipinski definition) is 2. The van der Waals surface area contributed by atoms with E-state index in [1.165, 1.54) is 24.3 Å². The third-order valence-electron chi connectivity index (χ3n) is 3.58. The predicted molar refractivity (Wildman–Crippen MR) is 73.2 cm³/mol. The fourth-order valence-electron chi connectivity index (χ4n) is 2.22. The van der Waals surface area contributed by atoms with Gasteiger partial charge in [0.25, 0.3) is 0 Å². The van der Waals surface area contributed by atoms with Crippen molar-refractivity contribution in [2.24, 2.45) is 0 Å². The molecule has 1 unspecified atom stereocenters. The molecule has 2 rings (SSSR count). The summed E-state index contributed by atoms with van der Waals surface area (Å²) in [6.45, 7) is 3.64. The van der Waals surface area contributed by atoms with Crippen molar-refractivity contribution in [1.82, 2.24) is 4.98 Å². The first kappa shape index (κ1) is 14.6. The molecule has 0 saturated carbocycles. The maximum atomic E-state index is 13.1. The first-order valence-corrected chi connectivity index (χ1v) is 6.54. The smallest absolute Gasteiger partial charge is 0.141 e. The summed E-state index contributed by atoms with van der Waals surface area (Å²) in [5, 5.41) is 10.8. The zero-order valence-corrected chi connectivity index (χ0v) is 11.5. The Morgan fingerprint density at radius 3 is 2.40 bits per heavy atom. The van der Waals surface area contributed by atoms with E-state index in [4.69, 9.17) is 0 Å². The highest BCUT2D eigenvalue weighted by molar-refractivity contribution is 5.29. The number of aryl methyl sites for hydroxylation is 1. The molecule has 20 heavy (non-hydrogen) atoms. The Morgan fingerprint density at radius 1 is 1.15 bits per heavy atom. The molecule has 0 radical (unpaired) electrons. The van der Waals surface area contributed by atoms with Crippen LogP contribution in [0.5, 0.6) is 0 Å². The fraction of sp³-hybridized carbons (Fsp3) is 0.312. The van der Waals surface area contributed by atoms with Gasteiger partial charge < -0.3 is 5.11 Å². The second-order valence-corrected chi connectivity index (χ2v) is 4.99. The summed E-state index contributed by atoms with van der Waals surface area (Å²) in [4.78, 5) is 3.97. The third-order valence-corrected chi connectivity index (χ3v) is 3.58. The monoisotopic (exact) mass is 277 g/mol. The maximum absolute atomic E-state index is 13.1. The van der Waals surface area contributed by atoms with Crippen molar-refractivity contribution in [2.45, 2.75) is 32.3 Å². The van der Waals surface area contributed by atoms with Crippen LogP contribution < -0.4 is 0 Å². The van der Waals surface area contributed by atoms with Crippen LogP contribution >= 0.6 is 0 Å². The van der Waals surface area contributed by atoms with Crippen LogP contribution in [-0.4, -0.2) is 10.1 Å². The van der Waals surface area contributed by atoms with Gasteiger partial charge in [0.2, 0.25) is 0 Å². The van der Waals surface area contributed by atoms with Gasteiger partial charge in [-0.1, -0.05) is 13.0 Å². The number of aliphatic hydroxyl groups is 1. The average Bonchev–Trinajstić information content (AvgIpc) is 2.42. The first-order valence-electron chi connectivity index (χ1n) is 6.54. The molecule has 1 heterocycles. The topological polar surface area (TPSA) is 33.1 Å². The lowest BCUT2D eigenvalue weighted by atomic mass is 9.87. The van der Waals surface area contributed by atoms with E-state index < -0.39 is 11.4 Å². The SMILES string of the molecule is CCC(O)(Cc1ccc(F)cc1C)c1ccc(F)cn1. The molecule has 0 aliphatic rings. The van der Waals surface area contributed by atoms with Crippen LogP contribution in [0.3, 0.4) is 0 Å². The molecular weight excluding hydrogens is 260 g/mol. The van der Waals surface area contributed by atoms with Gasteiger partial charge in [-0.2, -0.15) is 0 Å². The molecule has 0 spiro atoms. The zero-order valence-electron chi connectivity index (χ0n) is 11.5. The number of nitrogens with zero attached hydrogens (tertiary/aromatic N) is 1. The van der Waals surface area contributed by atoms with Crippen LogP contribution in [0.4, 0.5) is 8.78 Å². The van der Waals surface area contributed by atoms with Crippen molar-refractivity contribution in [2.75, 3.05) is 0 Å². The minimum atomic E-state index is -1.18. The normalized spacial score (nSPS) is 14.1. The molecule has 0 amide bonds. The summed E-state index contributed by atoms with van der Waals surface area (Å²) in [5.74, 6) is -0.739. The third kappa shape index (κ3) is 3.02. The van der Waals surface area contributed by atoms with Gasteiger partial charge in [-0.3, -0.25) is 4.98 Å². The van der Waals surface area contributed by atoms with Crippen molar-refractivity contribution >= 4 is 0 Å². The second kappa shape index (κ2) is 5.67. The van der Waals surface area contributed by atoms with Crippen molar-refractivity contribution in [1.29, 1.82) is 0 Å². The van der Waals surface area contributed by atoms with E-state index in [0.29, 0.717) is 18.5 Å². The molecule has 0 fully saturated rings. The van der Waals surface area contributed by atoms with Crippen LogP contribution in [0.2, 0.25) is 0 Å². The summed E-state index contributed by atoms with van der Waals surface area (Å²) in [6, 6.07) is 7.23. The summed E-state index contributed by atoms with van der Waals surface area (Å²) < 4.78 is 26.0. The number of pyridine rings is 1.